The number of amides is 1. The van der Waals surface area contributed by atoms with Crippen LogP contribution in [0.15, 0.2) is 24.3 Å². The van der Waals surface area contributed by atoms with Gasteiger partial charge in [0, 0.05) is 32.1 Å². The van der Waals surface area contributed by atoms with Gasteiger partial charge in [-0.05, 0) is 56.3 Å². The Morgan fingerprint density at radius 1 is 0.962 bits per heavy atom. The summed E-state index contributed by atoms with van der Waals surface area (Å²) in [5.74, 6) is 0.175. The van der Waals surface area contributed by atoms with Crippen LogP contribution in [0, 0.1) is 0 Å². The van der Waals surface area contributed by atoms with E-state index in [1.54, 1.807) is 0 Å². The van der Waals surface area contributed by atoms with Gasteiger partial charge in [0.2, 0.25) is 5.91 Å². The van der Waals surface area contributed by atoms with Gasteiger partial charge in [-0.25, -0.2) is 0 Å². The molecule has 1 saturated heterocycles. The molecule has 1 heterocycles. The van der Waals surface area contributed by atoms with Crippen LogP contribution < -0.4 is 10.6 Å². The number of aryl methyl sites for hydroxylation is 1. The molecule has 0 atom stereocenters. The van der Waals surface area contributed by atoms with Gasteiger partial charge in [-0.1, -0.05) is 43.5 Å². The maximum atomic E-state index is 12.0. The van der Waals surface area contributed by atoms with Crippen LogP contribution in [0.3, 0.4) is 0 Å². The Bertz CT molecular complexity index is 531. The number of likely N-dealkylation sites (tertiary alicyclic amines) is 1. The number of nitrogens with one attached hydrogen (secondary N) is 2. The molecule has 1 aliphatic heterocycles. The number of benzene rings is 1. The van der Waals surface area contributed by atoms with Gasteiger partial charge in [0.05, 0.1) is 0 Å². The van der Waals surface area contributed by atoms with E-state index in [1.165, 1.54) is 69.2 Å². The van der Waals surface area contributed by atoms with E-state index in [0.717, 1.165) is 26.1 Å². The molecule has 26 heavy (non-hydrogen) atoms. The Labute approximate surface area is 158 Å². The van der Waals surface area contributed by atoms with Crippen molar-refractivity contribution in [2.45, 2.75) is 70.4 Å². The fourth-order valence-electron chi connectivity index (χ4n) is 4.10. The molecule has 0 spiro atoms. The number of carbonyl (C=O) groups excluding carboxylic acids is 1. The third kappa shape index (κ3) is 6.73. The molecule has 1 aliphatic carbocycles. The fraction of sp³-hybridized carbons (Fsp3) is 0.682. The number of rotatable bonds is 9. The Morgan fingerprint density at radius 3 is 2.38 bits per heavy atom. The highest BCUT2D eigenvalue weighted by molar-refractivity contribution is 5.76. The van der Waals surface area contributed by atoms with Crippen molar-refractivity contribution in [3.8, 4) is 0 Å². The van der Waals surface area contributed by atoms with Crippen molar-refractivity contribution in [2.24, 2.45) is 0 Å². The highest BCUT2D eigenvalue weighted by Crippen LogP contribution is 2.18. The van der Waals surface area contributed by atoms with E-state index in [0.29, 0.717) is 12.5 Å². The molecule has 0 bridgehead atoms. The van der Waals surface area contributed by atoms with Gasteiger partial charge in [0.25, 0.3) is 0 Å². The molecule has 1 aromatic carbocycles. The number of hydrogen-bond donors (Lipinski definition) is 2. The average Bonchev–Trinajstić information content (AvgIpc) is 3.20. The summed E-state index contributed by atoms with van der Waals surface area (Å²) in [6.45, 7) is 5.12. The first-order chi connectivity index (χ1) is 12.8. The molecule has 0 aromatic heterocycles. The normalized spacial score (nSPS) is 18.9. The molecular formula is C22H35N3O. The summed E-state index contributed by atoms with van der Waals surface area (Å²) in [6.07, 6.45) is 10.8. The van der Waals surface area contributed by atoms with E-state index < -0.39 is 0 Å². The van der Waals surface area contributed by atoms with E-state index in [9.17, 15) is 4.79 Å². The van der Waals surface area contributed by atoms with Gasteiger partial charge in [-0.2, -0.15) is 0 Å². The largest absolute Gasteiger partial charge is 0.355 e. The lowest BCUT2D eigenvalue weighted by Crippen LogP contribution is -2.37. The lowest BCUT2D eigenvalue weighted by Gasteiger charge is -2.26. The molecule has 1 aromatic rings. The van der Waals surface area contributed by atoms with Gasteiger partial charge in [-0.15, -0.1) is 0 Å². The van der Waals surface area contributed by atoms with E-state index in [1.807, 2.05) is 0 Å². The molecule has 3 rings (SSSR count). The van der Waals surface area contributed by atoms with E-state index in [4.69, 9.17) is 0 Å². The van der Waals surface area contributed by atoms with E-state index >= 15 is 0 Å². The first-order valence-corrected chi connectivity index (χ1v) is 10.6. The van der Waals surface area contributed by atoms with Gasteiger partial charge < -0.3 is 15.5 Å². The Morgan fingerprint density at radius 2 is 1.65 bits per heavy atom. The molecule has 0 unspecified atom stereocenters. The monoisotopic (exact) mass is 357 g/mol. The van der Waals surface area contributed by atoms with Gasteiger partial charge in [0.15, 0.2) is 0 Å². The first-order valence-electron chi connectivity index (χ1n) is 10.6. The molecule has 1 amide bonds. The minimum Gasteiger partial charge on any atom is -0.355 e. The van der Waals surface area contributed by atoms with Crippen LogP contribution >= 0.6 is 0 Å². The molecule has 1 saturated carbocycles. The second-order valence-corrected chi connectivity index (χ2v) is 7.93. The predicted molar refractivity (Wildman–Crippen MR) is 107 cm³/mol. The Balaban J connectivity index is 1.29. The van der Waals surface area contributed by atoms with E-state index in [2.05, 4.69) is 39.8 Å². The fourth-order valence-corrected chi connectivity index (χ4v) is 4.10. The van der Waals surface area contributed by atoms with Crippen molar-refractivity contribution in [1.82, 2.24) is 15.5 Å². The maximum Gasteiger partial charge on any atom is 0.220 e. The molecule has 2 aliphatic rings. The van der Waals surface area contributed by atoms with Crippen molar-refractivity contribution >= 4 is 5.91 Å². The summed E-state index contributed by atoms with van der Waals surface area (Å²) < 4.78 is 0. The van der Waals surface area contributed by atoms with Crippen LogP contribution in [0.5, 0.6) is 0 Å². The SMILES string of the molecule is O=C(CCc1ccc(CNC2CCCC2)cc1)NCCN1CCCCC1. The molecule has 0 radical (unpaired) electrons. The molecule has 4 heteroatoms. The summed E-state index contributed by atoms with van der Waals surface area (Å²) in [5, 5.41) is 6.72. The molecule has 2 N–H and O–H groups in total. The van der Waals surface area contributed by atoms with Gasteiger partial charge >= 0.3 is 0 Å². The van der Waals surface area contributed by atoms with Crippen LogP contribution in [-0.2, 0) is 17.8 Å². The predicted octanol–water partition coefficient (Wildman–Crippen LogP) is 3.25. The first kappa shape index (κ1) is 19.4. The standard InChI is InChI=1S/C22H35N3O/c26-22(23-14-17-25-15-4-1-5-16-25)13-12-19-8-10-20(11-9-19)18-24-21-6-2-3-7-21/h8-11,21,24H,1-7,12-18H2,(H,23,26). The zero-order valence-corrected chi connectivity index (χ0v) is 16.1. The van der Waals surface area contributed by atoms with Crippen LogP contribution in [0.1, 0.15) is 62.5 Å². The van der Waals surface area contributed by atoms with E-state index in [-0.39, 0.29) is 5.91 Å². The number of piperidine rings is 1. The van der Waals surface area contributed by atoms with Gasteiger partial charge in [-0.3, -0.25) is 4.79 Å². The summed E-state index contributed by atoms with van der Waals surface area (Å²) in [5.41, 5.74) is 2.59. The summed E-state index contributed by atoms with van der Waals surface area (Å²) >= 11 is 0. The molecule has 4 nitrogen and oxygen atoms in total. The summed E-state index contributed by atoms with van der Waals surface area (Å²) in [6, 6.07) is 9.46. The lowest BCUT2D eigenvalue weighted by atomic mass is 10.1. The minimum absolute atomic E-state index is 0.175. The van der Waals surface area contributed by atoms with Crippen LogP contribution in [0.25, 0.3) is 0 Å². The average molecular weight is 358 g/mol. The summed E-state index contributed by atoms with van der Waals surface area (Å²) in [7, 11) is 0. The third-order valence-electron chi connectivity index (χ3n) is 5.81. The minimum atomic E-state index is 0.175. The highest BCUT2D eigenvalue weighted by Gasteiger charge is 2.13. The number of nitrogens with zero attached hydrogens (tertiary/aromatic N) is 1. The maximum absolute atomic E-state index is 12.0. The van der Waals surface area contributed by atoms with Crippen molar-refractivity contribution < 1.29 is 4.79 Å². The number of hydrogen-bond acceptors (Lipinski definition) is 3. The topological polar surface area (TPSA) is 44.4 Å². The van der Waals surface area contributed by atoms with Crippen molar-refractivity contribution in [3.63, 3.8) is 0 Å². The quantitative estimate of drug-likeness (QED) is 0.713. The Hall–Kier alpha value is -1.39. The highest BCUT2D eigenvalue weighted by atomic mass is 16.1. The molecule has 144 valence electrons. The molecular weight excluding hydrogens is 322 g/mol. The third-order valence-corrected chi connectivity index (χ3v) is 5.81. The van der Waals surface area contributed by atoms with Crippen molar-refractivity contribution in [3.05, 3.63) is 35.4 Å². The van der Waals surface area contributed by atoms with Crippen LogP contribution in [-0.4, -0.2) is 43.0 Å². The van der Waals surface area contributed by atoms with Gasteiger partial charge in [0.1, 0.15) is 0 Å². The zero-order chi connectivity index (χ0) is 18.0. The summed E-state index contributed by atoms with van der Waals surface area (Å²) in [4.78, 5) is 14.5. The zero-order valence-electron chi connectivity index (χ0n) is 16.1. The van der Waals surface area contributed by atoms with Crippen LogP contribution in [0.2, 0.25) is 0 Å². The second-order valence-electron chi connectivity index (χ2n) is 7.93. The van der Waals surface area contributed by atoms with Crippen molar-refractivity contribution in [2.75, 3.05) is 26.2 Å². The second kappa shape index (κ2) is 10.7. The van der Waals surface area contributed by atoms with Crippen LogP contribution in [0.4, 0.5) is 0 Å². The lowest BCUT2D eigenvalue weighted by molar-refractivity contribution is -0.121. The Kier molecular flexibility index (Phi) is 7.96. The number of carbonyl (C=O) groups is 1. The smallest absolute Gasteiger partial charge is 0.220 e. The van der Waals surface area contributed by atoms with Crippen molar-refractivity contribution in [1.29, 1.82) is 0 Å². The molecule has 2 fully saturated rings.